The first-order valence-electron chi connectivity index (χ1n) is 3.75. The van der Waals surface area contributed by atoms with Crippen molar-refractivity contribution < 1.29 is 9.90 Å². The van der Waals surface area contributed by atoms with Gasteiger partial charge in [-0.15, -0.1) is 12.4 Å². The van der Waals surface area contributed by atoms with E-state index in [1.54, 1.807) is 0 Å². The number of fused-ring (bicyclic) bond motifs is 1. The van der Waals surface area contributed by atoms with Crippen molar-refractivity contribution in [2.75, 3.05) is 6.54 Å². The third-order valence-corrected chi connectivity index (χ3v) is 2.55. The molecule has 0 bridgehead atoms. The molecule has 4 heteroatoms. The van der Waals surface area contributed by atoms with E-state index in [0.717, 1.165) is 18.9 Å². The number of hydrogen-bond acceptors (Lipinski definition) is 2. The van der Waals surface area contributed by atoms with Gasteiger partial charge in [0.05, 0.1) is 0 Å². The van der Waals surface area contributed by atoms with Crippen LogP contribution < -0.4 is 5.32 Å². The number of halogens is 1. The molecule has 3 atom stereocenters. The molecule has 2 rings (SSSR count). The third kappa shape index (κ3) is 1.49. The monoisotopic (exact) mass is 177 g/mol. The topological polar surface area (TPSA) is 49.3 Å². The predicted molar refractivity (Wildman–Crippen MR) is 42.9 cm³/mol. The first kappa shape index (κ1) is 8.81. The van der Waals surface area contributed by atoms with Gasteiger partial charge in [0.1, 0.15) is 6.04 Å². The molecule has 0 radical (unpaired) electrons. The van der Waals surface area contributed by atoms with Crippen LogP contribution in [0.1, 0.15) is 12.8 Å². The minimum absolute atomic E-state index is 0. The van der Waals surface area contributed by atoms with Gasteiger partial charge in [-0.3, -0.25) is 4.79 Å². The summed E-state index contributed by atoms with van der Waals surface area (Å²) in [5.74, 6) is 0.501. The maximum Gasteiger partial charge on any atom is 0.320 e. The zero-order chi connectivity index (χ0) is 7.14. The SMILES string of the molecule is Cl.O=C(O)C1NCC[C@@H]2C[C@H]12. The molecule has 2 N–H and O–H groups in total. The molecule has 1 saturated heterocycles. The molecule has 1 saturated carbocycles. The summed E-state index contributed by atoms with van der Waals surface area (Å²) in [4.78, 5) is 10.5. The summed E-state index contributed by atoms with van der Waals surface area (Å²) in [6.07, 6.45) is 2.30. The molecular formula is C7H12ClNO2. The average Bonchev–Trinajstić information content (AvgIpc) is 2.63. The molecule has 2 aliphatic rings. The van der Waals surface area contributed by atoms with E-state index in [1.165, 1.54) is 6.42 Å². The van der Waals surface area contributed by atoms with Gasteiger partial charge in [0.2, 0.25) is 0 Å². The normalized spacial score (nSPS) is 40.2. The second kappa shape index (κ2) is 2.99. The fourth-order valence-corrected chi connectivity index (χ4v) is 1.86. The molecule has 0 aromatic heterocycles. The molecule has 0 aromatic rings. The lowest BCUT2D eigenvalue weighted by Gasteiger charge is -2.18. The van der Waals surface area contributed by atoms with Gasteiger partial charge >= 0.3 is 5.97 Å². The number of piperidine rings is 1. The molecule has 0 amide bonds. The molecule has 64 valence electrons. The predicted octanol–water partition coefficient (Wildman–Crippen LogP) is 0.491. The van der Waals surface area contributed by atoms with E-state index < -0.39 is 5.97 Å². The Morgan fingerprint density at radius 1 is 1.55 bits per heavy atom. The highest BCUT2D eigenvalue weighted by atomic mass is 35.5. The van der Waals surface area contributed by atoms with E-state index in [0.29, 0.717) is 5.92 Å². The fraction of sp³-hybridized carbons (Fsp3) is 0.857. The lowest BCUT2D eigenvalue weighted by Crippen LogP contribution is -2.42. The van der Waals surface area contributed by atoms with Gasteiger partial charge in [-0.05, 0) is 31.2 Å². The number of carboxylic acids is 1. The fourth-order valence-electron chi connectivity index (χ4n) is 1.86. The largest absolute Gasteiger partial charge is 0.480 e. The second-order valence-electron chi connectivity index (χ2n) is 3.22. The van der Waals surface area contributed by atoms with Crippen molar-refractivity contribution >= 4 is 18.4 Å². The first-order chi connectivity index (χ1) is 4.79. The van der Waals surface area contributed by atoms with Gasteiger partial charge in [0, 0.05) is 0 Å². The maximum absolute atomic E-state index is 10.5. The number of hydrogen-bond donors (Lipinski definition) is 2. The number of nitrogens with one attached hydrogen (secondary N) is 1. The van der Waals surface area contributed by atoms with Crippen LogP contribution in [0.25, 0.3) is 0 Å². The highest BCUT2D eigenvalue weighted by Crippen LogP contribution is 2.45. The lowest BCUT2D eigenvalue weighted by molar-refractivity contribution is -0.140. The molecule has 1 unspecified atom stereocenters. The highest BCUT2D eigenvalue weighted by Gasteiger charge is 2.48. The summed E-state index contributed by atoms with van der Waals surface area (Å²) in [6.45, 7) is 0.887. The Morgan fingerprint density at radius 2 is 2.27 bits per heavy atom. The third-order valence-electron chi connectivity index (χ3n) is 2.55. The lowest BCUT2D eigenvalue weighted by atomic mass is 10.1. The van der Waals surface area contributed by atoms with Crippen molar-refractivity contribution in [2.24, 2.45) is 11.8 Å². The molecule has 1 heterocycles. The Labute approximate surface area is 71.6 Å². The van der Waals surface area contributed by atoms with Crippen LogP contribution in [0.4, 0.5) is 0 Å². The molecule has 0 spiro atoms. The van der Waals surface area contributed by atoms with Crippen molar-refractivity contribution in [3.63, 3.8) is 0 Å². The van der Waals surface area contributed by atoms with Gasteiger partial charge in [-0.2, -0.15) is 0 Å². The van der Waals surface area contributed by atoms with E-state index in [-0.39, 0.29) is 18.4 Å². The van der Waals surface area contributed by atoms with Crippen LogP contribution in [0.3, 0.4) is 0 Å². The van der Waals surface area contributed by atoms with Gasteiger partial charge in [-0.1, -0.05) is 0 Å². The van der Waals surface area contributed by atoms with Crippen molar-refractivity contribution in [1.82, 2.24) is 5.32 Å². The Hall–Kier alpha value is -0.280. The second-order valence-corrected chi connectivity index (χ2v) is 3.22. The van der Waals surface area contributed by atoms with E-state index in [2.05, 4.69) is 5.32 Å². The smallest absolute Gasteiger partial charge is 0.320 e. The van der Waals surface area contributed by atoms with E-state index in [4.69, 9.17) is 5.11 Å². The number of aliphatic carboxylic acids is 1. The van der Waals surface area contributed by atoms with Crippen LogP contribution in [-0.2, 0) is 4.79 Å². The highest BCUT2D eigenvalue weighted by molar-refractivity contribution is 5.85. The van der Waals surface area contributed by atoms with Crippen LogP contribution in [0.5, 0.6) is 0 Å². The standard InChI is InChI=1S/C7H11NO2.ClH/c9-7(10)6-5-3-4(5)1-2-8-6;/h4-6,8H,1-3H2,(H,9,10);1H/t4-,5+,6?;/m1./s1. The van der Waals surface area contributed by atoms with Crippen molar-refractivity contribution in [2.45, 2.75) is 18.9 Å². The molecular weight excluding hydrogens is 166 g/mol. The maximum atomic E-state index is 10.5. The van der Waals surface area contributed by atoms with Gasteiger partial charge in [0.25, 0.3) is 0 Å². The summed E-state index contributed by atoms with van der Waals surface area (Å²) in [5.41, 5.74) is 0. The summed E-state index contributed by atoms with van der Waals surface area (Å²) < 4.78 is 0. The first-order valence-corrected chi connectivity index (χ1v) is 3.75. The molecule has 11 heavy (non-hydrogen) atoms. The quantitative estimate of drug-likeness (QED) is 0.613. The number of carboxylic acid groups (broad SMARTS) is 1. The van der Waals surface area contributed by atoms with Crippen LogP contribution in [0.15, 0.2) is 0 Å². The van der Waals surface area contributed by atoms with Crippen LogP contribution >= 0.6 is 12.4 Å². The zero-order valence-corrected chi connectivity index (χ0v) is 6.93. The van der Waals surface area contributed by atoms with E-state index >= 15 is 0 Å². The molecule has 1 aliphatic carbocycles. The van der Waals surface area contributed by atoms with Gasteiger partial charge < -0.3 is 10.4 Å². The van der Waals surface area contributed by atoms with Crippen LogP contribution in [0, 0.1) is 11.8 Å². The molecule has 1 aliphatic heterocycles. The summed E-state index contributed by atoms with van der Waals surface area (Å²) in [7, 11) is 0. The number of rotatable bonds is 1. The van der Waals surface area contributed by atoms with Crippen molar-refractivity contribution in [3.8, 4) is 0 Å². The summed E-state index contributed by atoms with van der Waals surface area (Å²) in [6, 6.07) is -0.237. The minimum Gasteiger partial charge on any atom is -0.480 e. The van der Waals surface area contributed by atoms with Gasteiger partial charge in [-0.25, -0.2) is 0 Å². The number of carbonyl (C=O) groups is 1. The zero-order valence-electron chi connectivity index (χ0n) is 6.12. The van der Waals surface area contributed by atoms with E-state index in [9.17, 15) is 4.79 Å². The van der Waals surface area contributed by atoms with Crippen molar-refractivity contribution in [3.05, 3.63) is 0 Å². The summed E-state index contributed by atoms with van der Waals surface area (Å²) in [5, 5.41) is 11.7. The van der Waals surface area contributed by atoms with E-state index in [1.807, 2.05) is 0 Å². The average molecular weight is 178 g/mol. The summed E-state index contributed by atoms with van der Waals surface area (Å²) >= 11 is 0. The Balaban J connectivity index is 0.000000605. The van der Waals surface area contributed by atoms with Crippen molar-refractivity contribution in [1.29, 1.82) is 0 Å². The Kier molecular flexibility index (Phi) is 2.40. The molecule has 0 aromatic carbocycles. The van der Waals surface area contributed by atoms with Crippen LogP contribution in [0.2, 0.25) is 0 Å². The molecule has 3 nitrogen and oxygen atoms in total. The Bertz CT molecular complexity index is 174. The Morgan fingerprint density at radius 3 is 2.82 bits per heavy atom. The minimum atomic E-state index is -0.674. The molecule has 2 fully saturated rings. The van der Waals surface area contributed by atoms with Gasteiger partial charge in [0.15, 0.2) is 0 Å². The van der Waals surface area contributed by atoms with Crippen LogP contribution in [-0.4, -0.2) is 23.7 Å².